The average Bonchev–Trinajstić information content (AvgIpc) is 3.47. The largest absolute Gasteiger partial charge is 0.507 e. The molecule has 32 heavy (non-hydrogen) atoms. The summed E-state index contributed by atoms with van der Waals surface area (Å²) in [6.45, 7) is 4.27. The molecule has 5 nitrogen and oxygen atoms in total. The number of Topliss-reactive ketones (excluding diaryl/α,β-unsaturated/α-hetero) is 1. The minimum atomic E-state index is -0.657. The number of nitrogens with zero attached hydrogens (tertiary/aromatic N) is 1. The molecule has 2 atom stereocenters. The highest BCUT2D eigenvalue weighted by atomic mass is 32.1. The van der Waals surface area contributed by atoms with E-state index < -0.39 is 17.7 Å². The van der Waals surface area contributed by atoms with Gasteiger partial charge in [-0.05, 0) is 54.6 Å². The molecule has 1 amide bonds. The van der Waals surface area contributed by atoms with E-state index in [1.165, 1.54) is 11.3 Å². The molecule has 3 heterocycles. The molecule has 2 unspecified atom stereocenters. The molecule has 2 aliphatic rings. The second kappa shape index (κ2) is 7.95. The molecule has 1 fully saturated rings. The molecule has 2 aliphatic heterocycles. The maximum atomic E-state index is 13.2. The van der Waals surface area contributed by atoms with Crippen molar-refractivity contribution in [2.45, 2.75) is 39.0 Å². The van der Waals surface area contributed by atoms with Gasteiger partial charge in [0.1, 0.15) is 17.6 Å². The first-order valence-corrected chi connectivity index (χ1v) is 11.5. The van der Waals surface area contributed by atoms with Crippen molar-refractivity contribution in [3.05, 3.63) is 92.7 Å². The van der Waals surface area contributed by atoms with Crippen molar-refractivity contribution in [2.75, 3.05) is 0 Å². The lowest BCUT2D eigenvalue weighted by Gasteiger charge is -2.25. The maximum absolute atomic E-state index is 13.2. The molecular weight excluding hydrogens is 422 g/mol. The summed E-state index contributed by atoms with van der Waals surface area (Å²) in [5.41, 5.74) is 3.46. The number of amides is 1. The Kier molecular flexibility index (Phi) is 5.10. The molecule has 0 spiro atoms. The summed E-state index contributed by atoms with van der Waals surface area (Å²) in [5.74, 6) is -0.603. The summed E-state index contributed by atoms with van der Waals surface area (Å²) in [6.07, 6.45) is 0.816. The number of aliphatic hydroxyl groups is 1. The lowest BCUT2D eigenvalue weighted by atomic mass is 9.93. The van der Waals surface area contributed by atoms with Crippen LogP contribution in [0.15, 0.2) is 65.6 Å². The molecule has 5 rings (SSSR count). The highest BCUT2D eigenvalue weighted by molar-refractivity contribution is 7.09. The van der Waals surface area contributed by atoms with Gasteiger partial charge in [-0.25, -0.2) is 0 Å². The Morgan fingerprint density at radius 2 is 2.00 bits per heavy atom. The Hall–Kier alpha value is -3.38. The van der Waals surface area contributed by atoms with Gasteiger partial charge < -0.3 is 14.7 Å². The number of carbonyl (C=O) groups is 2. The number of ketones is 1. The molecular formula is C26H23NO4S. The zero-order valence-corrected chi connectivity index (χ0v) is 18.7. The van der Waals surface area contributed by atoms with Crippen LogP contribution in [0.2, 0.25) is 0 Å². The molecule has 0 saturated carbocycles. The number of aliphatic hydroxyl groups excluding tert-OH is 1. The van der Waals surface area contributed by atoms with Gasteiger partial charge in [-0.1, -0.05) is 35.9 Å². The maximum Gasteiger partial charge on any atom is 0.295 e. The van der Waals surface area contributed by atoms with Gasteiger partial charge in [0.25, 0.3) is 11.7 Å². The van der Waals surface area contributed by atoms with Crippen LogP contribution in [-0.4, -0.2) is 27.8 Å². The molecule has 162 valence electrons. The summed E-state index contributed by atoms with van der Waals surface area (Å²) in [5, 5.41) is 13.2. The Balaban J connectivity index is 1.64. The Labute approximate surface area is 190 Å². The predicted octanol–water partition coefficient (Wildman–Crippen LogP) is 5.00. The number of hydrogen-bond acceptors (Lipinski definition) is 5. The molecule has 0 bridgehead atoms. The zero-order valence-electron chi connectivity index (χ0n) is 17.9. The van der Waals surface area contributed by atoms with E-state index in [0.29, 0.717) is 12.1 Å². The molecule has 1 N–H and O–H groups in total. The third-order valence-electron chi connectivity index (χ3n) is 5.97. The fraction of sp³-hybridized carbons (Fsp3) is 0.231. The van der Waals surface area contributed by atoms with Crippen LogP contribution in [0.3, 0.4) is 0 Å². The molecule has 0 radical (unpaired) electrons. The van der Waals surface area contributed by atoms with Gasteiger partial charge in [0.15, 0.2) is 0 Å². The molecule has 1 aromatic heterocycles. The van der Waals surface area contributed by atoms with Gasteiger partial charge in [0.05, 0.1) is 18.2 Å². The molecule has 6 heteroatoms. The fourth-order valence-corrected chi connectivity index (χ4v) is 5.23. The normalized spacial score (nSPS) is 21.6. The number of rotatable bonds is 4. The average molecular weight is 446 g/mol. The minimum Gasteiger partial charge on any atom is -0.507 e. The van der Waals surface area contributed by atoms with Crippen molar-refractivity contribution >= 4 is 28.8 Å². The summed E-state index contributed by atoms with van der Waals surface area (Å²) < 4.78 is 5.76. The number of benzene rings is 2. The van der Waals surface area contributed by atoms with E-state index in [4.69, 9.17) is 4.74 Å². The molecule has 2 aromatic carbocycles. The van der Waals surface area contributed by atoms with E-state index in [9.17, 15) is 14.7 Å². The SMILES string of the molecule is Cc1cccc(C2/C(=C(/O)c3ccc4c(c3)CC(C)O4)C(=O)C(=O)N2Cc2cccs2)c1. The van der Waals surface area contributed by atoms with Crippen LogP contribution in [0, 0.1) is 6.92 Å². The third kappa shape index (κ3) is 3.50. The van der Waals surface area contributed by atoms with Gasteiger partial charge in [-0.3, -0.25) is 9.59 Å². The number of thiophene rings is 1. The summed E-state index contributed by atoms with van der Waals surface area (Å²) in [7, 11) is 0. The Morgan fingerprint density at radius 1 is 1.16 bits per heavy atom. The Morgan fingerprint density at radius 3 is 2.75 bits per heavy atom. The monoisotopic (exact) mass is 445 g/mol. The van der Waals surface area contributed by atoms with E-state index in [2.05, 4.69) is 0 Å². The van der Waals surface area contributed by atoms with Gasteiger partial charge in [-0.2, -0.15) is 0 Å². The van der Waals surface area contributed by atoms with Crippen molar-refractivity contribution in [1.82, 2.24) is 4.90 Å². The highest BCUT2D eigenvalue weighted by Gasteiger charge is 2.46. The van der Waals surface area contributed by atoms with Gasteiger partial charge in [0, 0.05) is 16.9 Å². The molecule has 1 saturated heterocycles. The second-order valence-corrected chi connectivity index (χ2v) is 9.41. The summed E-state index contributed by atoms with van der Waals surface area (Å²) >= 11 is 1.54. The van der Waals surface area contributed by atoms with Crippen molar-refractivity contribution < 1.29 is 19.4 Å². The molecule has 3 aromatic rings. The lowest BCUT2D eigenvalue weighted by Crippen LogP contribution is -2.28. The topological polar surface area (TPSA) is 66.8 Å². The minimum absolute atomic E-state index is 0.0751. The van der Waals surface area contributed by atoms with E-state index in [0.717, 1.165) is 33.7 Å². The van der Waals surface area contributed by atoms with E-state index in [1.54, 1.807) is 11.0 Å². The van der Waals surface area contributed by atoms with Gasteiger partial charge in [0.2, 0.25) is 0 Å². The van der Waals surface area contributed by atoms with E-state index in [1.807, 2.05) is 67.8 Å². The second-order valence-electron chi connectivity index (χ2n) is 8.38. The number of likely N-dealkylation sites (tertiary alicyclic amines) is 1. The van der Waals surface area contributed by atoms with Crippen LogP contribution >= 0.6 is 11.3 Å². The standard InChI is InChI=1S/C26H23NO4S/c1-15-5-3-6-17(11-15)23-22(25(29)26(30)27(23)14-20-7-4-10-32-20)24(28)18-8-9-21-19(13-18)12-16(2)31-21/h3-11,13,16,23,28H,12,14H2,1-2H3/b24-22-. The van der Waals surface area contributed by atoms with E-state index in [-0.39, 0.29) is 17.4 Å². The lowest BCUT2D eigenvalue weighted by molar-refractivity contribution is -0.140. The van der Waals surface area contributed by atoms with Crippen molar-refractivity contribution in [3.8, 4) is 5.75 Å². The number of carbonyl (C=O) groups excluding carboxylic acids is 2. The van der Waals surface area contributed by atoms with Gasteiger partial charge in [-0.15, -0.1) is 11.3 Å². The van der Waals surface area contributed by atoms with Crippen LogP contribution in [-0.2, 0) is 22.6 Å². The zero-order chi connectivity index (χ0) is 22.4. The van der Waals surface area contributed by atoms with Crippen molar-refractivity contribution in [3.63, 3.8) is 0 Å². The number of aryl methyl sites for hydroxylation is 1. The van der Waals surface area contributed by atoms with Crippen molar-refractivity contribution in [2.24, 2.45) is 0 Å². The molecule has 0 aliphatic carbocycles. The quantitative estimate of drug-likeness (QED) is 0.349. The number of fused-ring (bicyclic) bond motifs is 1. The number of ether oxygens (including phenoxy) is 1. The van der Waals surface area contributed by atoms with Crippen LogP contribution in [0.1, 0.15) is 40.1 Å². The summed E-state index contributed by atoms with van der Waals surface area (Å²) in [4.78, 5) is 28.8. The third-order valence-corrected chi connectivity index (χ3v) is 6.83. The first kappa shape index (κ1) is 20.5. The predicted molar refractivity (Wildman–Crippen MR) is 124 cm³/mol. The first-order chi connectivity index (χ1) is 15.4. The summed E-state index contributed by atoms with van der Waals surface area (Å²) in [6, 6.07) is 16.4. The highest BCUT2D eigenvalue weighted by Crippen LogP contribution is 2.41. The van der Waals surface area contributed by atoms with Crippen LogP contribution in [0.5, 0.6) is 5.75 Å². The Bertz CT molecular complexity index is 1240. The van der Waals surface area contributed by atoms with Crippen LogP contribution in [0.4, 0.5) is 0 Å². The van der Waals surface area contributed by atoms with Gasteiger partial charge >= 0.3 is 0 Å². The van der Waals surface area contributed by atoms with E-state index >= 15 is 0 Å². The fourth-order valence-electron chi connectivity index (χ4n) is 4.53. The smallest absolute Gasteiger partial charge is 0.295 e. The number of hydrogen-bond donors (Lipinski definition) is 1. The van der Waals surface area contributed by atoms with Crippen molar-refractivity contribution in [1.29, 1.82) is 0 Å². The van der Waals surface area contributed by atoms with Crippen LogP contribution < -0.4 is 4.74 Å². The first-order valence-electron chi connectivity index (χ1n) is 10.6. The van der Waals surface area contributed by atoms with Crippen LogP contribution in [0.25, 0.3) is 5.76 Å².